The molecule has 104 valence electrons. The molecule has 1 N–H and O–H groups in total. The molecule has 0 aromatic rings. The molecule has 1 unspecified atom stereocenters. The highest BCUT2D eigenvalue weighted by atomic mass is 16.5. The zero-order valence-electron chi connectivity index (χ0n) is 11.7. The van der Waals surface area contributed by atoms with Gasteiger partial charge in [0.15, 0.2) is 0 Å². The molecule has 2 heterocycles. The molecular formula is C14H26N2O2. The van der Waals surface area contributed by atoms with Crippen LogP contribution in [0.25, 0.3) is 0 Å². The lowest BCUT2D eigenvalue weighted by molar-refractivity contribution is -0.146. The van der Waals surface area contributed by atoms with Crippen molar-refractivity contribution >= 4 is 5.91 Å². The highest BCUT2D eigenvalue weighted by Crippen LogP contribution is 2.21. The van der Waals surface area contributed by atoms with E-state index in [2.05, 4.69) is 19.2 Å². The van der Waals surface area contributed by atoms with Gasteiger partial charge in [-0.15, -0.1) is 0 Å². The monoisotopic (exact) mass is 254 g/mol. The molecule has 0 aliphatic carbocycles. The van der Waals surface area contributed by atoms with Gasteiger partial charge in [-0.05, 0) is 39.7 Å². The van der Waals surface area contributed by atoms with Crippen LogP contribution in [0.4, 0.5) is 0 Å². The molecule has 2 aliphatic rings. The van der Waals surface area contributed by atoms with Crippen LogP contribution in [0.5, 0.6) is 0 Å². The second kappa shape index (κ2) is 6.02. The summed E-state index contributed by atoms with van der Waals surface area (Å²) in [6, 6.07) is 0.548. The molecule has 2 aliphatic heterocycles. The molecular weight excluding hydrogens is 228 g/mol. The van der Waals surface area contributed by atoms with E-state index in [0.717, 1.165) is 19.5 Å². The smallest absolute Gasteiger partial charge is 0.223 e. The topological polar surface area (TPSA) is 41.6 Å². The number of ether oxygens (including phenoxy) is 1. The van der Waals surface area contributed by atoms with E-state index in [-0.39, 0.29) is 11.4 Å². The van der Waals surface area contributed by atoms with Crippen LogP contribution >= 0.6 is 0 Å². The Morgan fingerprint density at radius 2 is 2.28 bits per heavy atom. The Hall–Kier alpha value is -0.610. The maximum Gasteiger partial charge on any atom is 0.223 e. The van der Waals surface area contributed by atoms with Gasteiger partial charge in [-0.1, -0.05) is 6.42 Å². The predicted molar refractivity (Wildman–Crippen MR) is 71.5 cm³/mol. The quantitative estimate of drug-likeness (QED) is 0.831. The molecule has 4 nitrogen and oxygen atoms in total. The van der Waals surface area contributed by atoms with Gasteiger partial charge in [0.05, 0.1) is 18.8 Å². The molecule has 4 heteroatoms. The van der Waals surface area contributed by atoms with E-state index in [4.69, 9.17) is 4.74 Å². The molecule has 1 atom stereocenters. The van der Waals surface area contributed by atoms with E-state index in [1.807, 2.05) is 4.90 Å². The van der Waals surface area contributed by atoms with Crippen molar-refractivity contribution in [2.45, 2.75) is 57.5 Å². The molecule has 18 heavy (non-hydrogen) atoms. The Morgan fingerprint density at radius 1 is 1.44 bits per heavy atom. The largest absolute Gasteiger partial charge is 0.377 e. The normalized spacial score (nSPS) is 28.1. The minimum absolute atomic E-state index is 0.144. The Morgan fingerprint density at radius 3 is 2.94 bits per heavy atom. The number of amides is 1. The standard InChI is InChI=1S/C14H26N2O2/c1-14(2)11-18-10-9-16(14)13(17)7-6-12-5-3-4-8-15-12/h12,15H,3-11H2,1-2H3. The number of piperidine rings is 1. The summed E-state index contributed by atoms with van der Waals surface area (Å²) in [5.41, 5.74) is -0.144. The second-order valence-corrected chi connectivity index (χ2v) is 6.10. The average Bonchev–Trinajstić information content (AvgIpc) is 2.37. The van der Waals surface area contributed by atoms with E-state index in [9.17, 15) is 4.79 Å². The van der Waals surface area contributed by atoms with Gasteiger partial charge in [0.1, 0.15) is 0 Å². The van der Waals surface area contributed by atoms with Crippen LogP contribution in [0, 0.1) is 0 Å². The van der Waals surface area contributed by atoms with Crippen molar-refractivity contribution in [2.24, 2.45) is 0 Å². The minimum Gasteiger partial charge on any atom is -0.377 e. The minimum atomic E-state index is -0.144. The van der Waals surface area contributed by atoms with Gasteiger partial charge in [0.2, 0.25) is 5.91 Å². The van der Waals surface area contributed by atoms with Crippen molar-refractivity contribution in [3.8, 4) is 0 Å². The molecule has 0 saturated carbocycles. The predicted octanol–water partition coefficient (Wildman–Crippen LogP) is 1.55. The van der Waals surface area contributed by atoms with E-state index < -0.39 is 0 Å². The number of carbonyl (C=O) groups excluding carboxylic acids is 1. The van der Waals surface area contributed by atoms with Crippen molar-refractivity contribution in [2.75, 3.05) is 26.3 Å². The first-order chi connectivity index (χ1) is 8.59. The fourth-order valence-corrected chi connectivity index (χ4v) is 2.92. The summed E-state index contributed by atoms with van der Waals surface area (Å²) >= 11 is 0. The van der Waals surface area contributed by atoms with Crippen LogP contribution in [0.1, 0.15) is 46.0 Å². The van der Waals surface area contributed by atoms with Gasteiger partial charge in [-0.2, -0.15) is 0 Å². The number of hydrogen-bond acceptors (Lipinski definition) is 3. The van der Waals surface area contributed by atoms with Crippen LogP contribution in [-0.4, -0.2) is 48.7 Å². The first kappa shape index (κ1) is 13.8. The first-order valence-electron chi connectivity index (χ1n) is 7.21. The number of rotatable bonds is 3. The van der Waals surface area contributed by atoms with Crippen molar-refractivity contribution in [3.63, 3.8) is 0 Å². The van der Waals surface area contributed by atoms with E-state index in [0.29, 0.717) is 25.7 Å². The number of nitrogens with zero attached hydrogens (tertiary/aromatic N) is 1. The summed E-state index contributed by atoms with van der Waals surface area (Å²) in [5, 5.41) is 3.50. The van der Waals surface area contributed by atoms with Crippen LogP contribution in [0.2, 0.25) is 0 Å². The molecule has 1 amide bonds. The van der Waals surface area contributed by atoms with E-state index in [1.165, 1.54) is 19.3 Å². The summed E-state index contributed by atoms with van der Waals surface area (Å²) in [6.45, 7) is 7.36. The maximum absolute atomic E-state index is 12.3. The third kappa shape index (κ3) is 3.45. The van der Waals surface area contributed by atoms with Crippen molar-refractivity contribution in [1.29, 1.82) is 0 Å². The fraction of sp³-hybridized carbons (Fsp3) is 0.929. The molecule has 0 spiro atoms. The van der Waals surface area contributed by atoms with Crippen LogP contribution in [0.15, 0.2) is 0 Å². The van der Waals surface area contributed by atoms with Crippen LogP contribution < -0.4 is 5.32 Å². The van der Waals surface area contributed by atoms with Gasteiger partial charge < -0.3 is 15.0 Å². The number of nitrogens with one attached hydrogen (secondary N) is 1. The lowest BCUT2D eigenvalue weighted by Gasteiger charge is -2.42. The van der Waals surface area contributed by atoms with Crippen molar-refractivity contribution in [3.05, 3.63) is 0 Å². The maximum atomic E-state index is 12.3. The first-order valence-corrected chi connectivity index (χ1v) is 7.21. The van der Waals surface area contributed by atoms with Gasteiger partial charge in [-0.25, -0.2) is 0 Å². The van der Waals surface area contributed by atoms with Crippen LogP contribution in [0.3, 0.4) is 0 Å². The lowest BCUT2D eigenvalue weighted by atomic mass is 9.98. The van der Waals surface area contributed by atoms with Crippen molar-refractivity contribution in [1.82, 2.24) is 10.2 Å². The van der Waals surface area contributed by atoms with Gasteiger partial charge in [0.25, 0.3) is 0 Å². The van der Waals surface area contributed by atoms with Gasteiger partial charge in [-0.3, -0.25) is 4.79 Å². The fourth-order valence-electron chi connectivity index (χ4n) is 2.92. The van der Waals surface area contributed by atoms with E-state index >= 15 is 0 Å². The molecule has 0 aromatic carbocycles. The highest BCUT2D eigenvalue weighted by Gasteiger charge is 2.33. The second-order valence-electron chi connectivity index (χ2n) is 6.10. The summed E-state index contributed by atoms with van der Waals surface area (Å²) in [6.07, 6.45) is 5.45. The third-order valence-corrected chi connectivity index (χ3v) is 4.07. The Balaban J connectivity index is 1.79. The molecule has 2 saturated heterocycles. The SMILES string of the molecule is CC1(C)COCCN1C(=O)CCC1CCCCN1. The van der Waals surface area contributed by atoms with Gasteiger partial charge in [0, 0.05) is 19.0 Å². The molecule has 0 aromatic heterocycles. The molecule has 0 bridgehead atoms. The highest BCUT2D eigenvalue weighted by molar-refractivity contribution is 5.77. The Kier molecular flexibility index (Phi) is 4.62. The zero-order chi connectivity index (χ0) is 13.0. The van der Waals surface area contributed by atoms with E-state index in [1.54, 1.807) is 0 Å². The summed E-state index contributed by atoms with van der Waals surface area (Å²) in [5.74, 6) is 0.288. The van der Waals surface area contributed by atoms with Crippen LogP contribution in [-0.2, 0) is 9.53 Å². The molecule has 2 fully saturated rings. The summed E-state index contributed by atoms with van der Waals surface area (Å²) in [4.78, 5) is 14.3. The average molecular weight is 254 g/mol. The summed E-state index contributed by atoms with van der Waals surface area (Å²) < 4.78 is 5.45. The molecule has 2 rings (SSSR count). The number of hydrogen-bond donors (Lipinski definition) is 1. The zero-order valence-corrected chi connectivity index (χ0v) is 11.7. The Labute approximate surface area is 110 Å². The summed E-state index contributed by atoms with van der Waals surface area (Å²) in [7, 11) is 0. The Bertz CT molecular complexity index is 286. The van der Waals surface area contributed by atoms with Crippen molar-refractivity contribution < 1.29 is 9.53 Å². The van der Waals surface area contributed by atoms with Gasteiger partial charge >= 0.3 is 0 Å². The third-order valence-electron chi connectivity index (χ3n) is 4.07. The number of morpholine rings is 1. The molecule has 0 radical (unpaired) electrons. The lowest BCUT2D eigenvalue weighted by Crippen LogP contribution is -2.55. The number of carbonyl (C=O) groups is 1.